The van der Waals surface area contributed by atoms with Gasteiger partial charge >= 0.3 is 0 Å². The first-order chi connectivity index (χ1) is 9.56. The molecule has 0 amide bonds. The molecule has 2 aromatic rings. The van der Waals surface area contributed by atoms with Gasteiger partial charge in [0.2, 0.25) is 11.7 Å². The Hall–Kier alpha value is -1.10. The van der Waals surface area contributed by atoms with E-state index in [9.17, 15) is 0 Å². The van der Waals surface area contributed by atoms with Crippen LogP contribution in [0.15, 0.2) is 22.7 Å². The molecule has 4 nitrogen and oxygen atoms in total. The van der Waals surface area contributed by atoms with Crippen LogP contribution in [0.25, 0.3) is 11.4 Å². The van der Waals surface area contributed by atoms with Gasteiger partial charge in [0.05, 0.1) is 10.0 Å². The van der Waals surface area contributed by atoms with E-state index in [1.54, 1.807) is 12.1 Å². The van der Waals surface area contributed by atoms with Crippen LogP contribution in [-0.2, 0) is 6.42 Å². The number of nitrogens with zero attached hydrogens (tertiary/aromatic N) is 2. The second-order valence-corrected chi connectivity index (χ2v) is 5.67. The van der Waals surface area contributed by atoms with Gasteiger partial charge in [0.25, 0.3) is 0 Å². The third-order valence-electron chi connectivity index (χ3n) is 2.77. The van der Waals surface area contributed by atoms with Crippen molar-refractivity contribution in [3.63, 3.8) is 0 Å². The number of aryl methyl sites for hydroxylation is 1. The van der Waals surface area contributed by atoms with Gasteiger partial charge in [0, 0.05) is 18.0 Å². The van der Waals surface area contributed by atoms with E-state index in [4.69, 9.17) is 27.7 Å². The van der Waals surface area contributed by atoms with E-state index in [2.05, 4.69) is 29.3 Å². The second kappa shape index (κ2) is 7.07. The number of rotatable bonds is 6. The van der Waals surface area contributed by atoms with Gasteiger partial charge in [-0.15, -0.1) is 0 Å². The molecule has 20 heavy (non-hydrogen) atoms. The van der Waals surface area contributed by atoms with E-state index in [-0.39, 0.29) is 0 Å². The molecule has 108 valence electrons. The molecule has 0 fully saturated rings. The normalized spacial score (nSPS) is 11.2. The number of benzene rings is 1. The largest absolute Gasteiger partial charge is 0.339 e. The van der Waals surface area contributed by atoms with Gasteiger partial charge < -0.3 is 9.84 Å². The highest BCUT2D eigenvalue weighted by molar-refractivity contribution is 6.42. The lowest BCUT2D eigenvalue weighted by Gasteiger charge is -2.05. The fraction of sp³-hybridized carbons (Fsp3) is 0.429. The van der Waals surface area contributed by atoms with Crippen LogP contribution in [0.4, 0.5) is 0 Å². The highest BCUT2D eigenvalue weighted by Gasteiger charge is 2.10. The quantitative estimate of drug-likeness (QED) is 0.820. The van der Waals surface area contributed by atoms with Gasteiger partial charge in [-0.25, -0.2) is 0 Å². The predicted octanol–water partition coefficient (Wildman–Crippen LogP) is 3.97. The molecular weight excluding hydrogens is 297 g/mol. The molecular formula is C14H17Cl2N3O. The molecule has 1 N–H and O–H groups in total. The molecule has 1 aromatic heterocycles. The number of aromatic nitrogens is 2. The molecule has 6 heteroatoms. The minimum absolute atomic E-state index is 0.483. The Labute approximate surface area is 128 Å². The average molecular weight is 314 g/mol. The Bertz CT molecular complexity index is 569. The van der Waals surface area contributed by atoms with Gasteiger partial charge in [-0.3, -0.25) is 0 Å². The zero-order chi connectivity index (χ0) is 14.5. The molecule has 2 rings (SSSR count). The third kappa shape index (κ3) is 4.20. The van der Waals surface area contributed by atoms with E-state index in [1.165, 1.54) is 0 Å². The van der Waals surface area contributed by atoms with Crippen molar-refractivity contribution in [2.24, 2.45) is 0 Å². The maximum absolute atomic E-state index is 5.98. The van der Waals surface area contributed by atoms with Gasteiger partial charge in [0.15, 0.2) is 0 Å². The number of hydrogen-bond donors (Lipinski definition) is 1. The van der Waals surface area contributed by atoms with E-state index >= 15 is 0 Å². The molecule has 1 aromatic carbocycles. The average Bonchev–Trinajstić information content (AvgIpc) is 2.86. The van der Waals surface area contributed by atoms with Crippen molar-refractivity contribution in [2.45, 2.75) is 32.7 Å². The first-order valence-corrected chi connectivity index (χ1v) is 7.33. The lowest BCUT2D eigenvalue weighted by molar-refractivity contribution is 0.374. The molecule has 0 unspecified atom stereocenters. The predicted molar refractivity (Wildman–Crippen MR) is 81.2 cm³/mol. The topological polar surface area (TPSA) is 51.0 Å². The summed E-state index contributed by atoms with van der Waals surface area (Å²) in [6.07, 6.45) is 1.72. The van der Waals surface area contributed by atoms with Crippen molar-refractivity contribution in [3.8, 4) is 11.4 Å². The van der Waals surface area contributed by atoms with Crippen molar-refractivity contribution >= 4 is 23.2 Å². The van der Waals surface area contributed by atoms with Gasteiger partial charge in [0.1, 0.15) is 0 Å². The van der Waals surface area contributed by atoms with Crippen LogP contribution in [0.2, 0.25) is 10.0 Å². The molecule has 0 bridgehead atoms. The third-order valence-corrected chi connectivity index (χ3v) is 3.50. The van der Waals surface area contributed by atoms with Crippen molar-refractivity contribution in [1.82, 2.24) is 15.5 Å². The maximum atomic E-state index is 5.98. The van der Waals surface area contributed by atoms with Crippen molar-refractivity contribution in [2.75, 3.05) is 6.54 Å². The zero-order valence-corrected chi connectivity index (χ0v) is 13.0. The molecule has 0 aliphatic carbocycles. The molecule has 0 aliphatic heterocycles. The number of nitrogens with one attached hydrogen (secondary N) is 1. The van der Waals surface area contributed by atoms with E-state index in [1.807, 2.05) is 6.07 Å². The Morgan fingerprint density at radius 2 is 2.05 bits per heavy atom. The Balaban J connectivity index is 1.96. The Kier molecular flexibility index (Phi) is 5.40. The summed E-state index contributed by atoms with van der Waals surface area (Å²) in [5.41, 5.74) is 0.801. The monoisotopic (exact) mass is 313 g/mol. The van der Waals surface area contributed by atoms with Crippen LogP contribution in [0.3, 0.4) is 0 Å². The van der Waals surface area contributed by atoms with Crippen LogP contribution in [0.5, 0.6) is 0 Å². The van der Waals surface area contributed by atoms with Crippen LogP contribution in [0.1, 0.15) is 26.2 Å². The fourth-order valence-corrected chi connectivity index (χ4v) is 2.04. The van der Waals surface area contributed by atoms with Crippen LogP contribution in [0, 0.1) is 0 Å². The van der Waals surface area contributed by atoms with E-state index in [0.717, 1.165) is 24.9 Å². The smallest absolute Gasteiger partial charge is 0.227 e. The highest BCUT2D eigenvalue weighted by Crippen LogP contribution is 2.27. The zero-order valence-electron chi connectivity index (χ0n) is 11.5. The summed E-state index contributed by atoms with van der Waals surface area (Å²) >= 11 is 11.9. The molecule has 0 saturated carbocycles. The van der Waals surface area contributed by atoms with Gasteiger partial charge in [-0.05, 0) is 31.2 Å². The fourth-order valence-electron chi connectivity index (χ4n) is 1.74. The Morgan fingerprint density at radius 3 is 2.75 bits per heavy atom. The minimum Gasteiger partial charge on any atom is -0.339 e. The summed E-state index contributed by atoms with van der Waals surface area (Å²) in [4.78, 5) is 4.36. The van der Waals surface area contributed by atoms with Gasteiger partial charge in [-0.1, -0.05) is 42.2 Å². The molecule has 0 saturated heterocycles. The van der Waals surface area contributed by atoms with E-state index < -0.39 is 0 Å². The Morgan fingerprint density at radius 1 is 1.25 bits per heavy atom. The highest BCUT2D eigenvalue weighted by atomic mass is 35.5. The first kappa shape index (κ1) is 15.3. The maximum Gasteiger partial charge on any atom is 0.227 e. The minimum atomic E-state index is 0.483. The lowest BCUT2D eigenvalue weighted by Crippen LogP contribution is -2.23. The lowest BCUT2D eigenvalue weighted by atomic mass is 10.2. The van der Waals surface area contributed by atoms with E-state index in [0.29, 0.717) is 27.8 Å². The standard InChI is InChI=1S/C14H17Cl2N3O/c1-9(2)17-7-3-4-13-18-14(19-20-13)10-5-6-11(15)12(16)8-10/h5-6,8-9,17H,3-4,7H2,1-2H3. The summed E-state index contributed by atoms with van der Waals surface area (Å²) in [7, 11) is 0. The molecule has 0 radical (unpaired) electrons. The SMILES string of the molecule is CC(C)NCCCc1nc(-c2ccc(Cl)c(Cl)c2)no1. The summed E-state index contributed by atoms with van der Waals surface area (Å²) in [5, 5.41) is 8.30. The molecule has 0 atom stereocenters. The van der Waals surface area contributed by atoms with Crippen LogP contribution in [-0.4, -0.2) is 22.7 Å². The molecule has 1 heterocycles. The summed E-state index contributed by atoms with van der Waals surface area (Å²) in [6.45, 7) is 5.17. The summed E-state index contributed by atoms with van der Waals surface area (Å²) in [5.74, 6) is 1.17. The van der Waals surface area contributed by atoms with Crippen molar-refractivity contribution in [1.29, 1.82) is 0 Å². The second-order valence-electron chi connectivity index (χ2n) is 4.85. The van der Waals surface area contributed by atoms with Crippen molar-refractivity contribution in [3.05, 3.63) is 34.1 Å². The first-order valence-electron chi connectivity index (χ1n) is 6.57. The number of hydrogen-bond acceptors (Lipinski definition) is 4. The van der Waals surface area contributed by atoms with Crippen LogP contribution >= 0.6 is 23.2 Å². The van der Waals surface area contributed by atoms with Gasteiger partial charge in [-0.2, -0.15) is 4.98 Å². The van der Waals surface area contributed by atoms with Crippen molar-refractivity contribution < 1.29 is 4.52 Å². The molecule has 0 aliphatic rings. The summed E-state index contributed by atoms with van der Waals surface area (Å²) < 4.78 is 5.23. The molecule has 0 spiro atoms. The number of halogens is 2. The van der Waals surface area contributed by atoms with Crippen LogP contribution < -0.4 is 5.32 Å². The summed E-state index contributed by atoms with van der Waals surface area (Å²) in [6, 6.07) is 5.77.